The molecule has 0 saturated carbocycles. The zero-order valence-corrected chi connectivity index (χ0v) is 7.16. The standard InChI is InChI=1S/C3F5O2.Cf/c4-1-10-3(8,9)2(5,6)7;/q-1;+1. The Hall–Kier alpha value is -1.56. The minimum absolute atomic E-state index is 1.47. The van der Waals surface area contributed by atoms with Gasteiger partial charge in [0.2, 0.25) is 0 Å². The Bertz CT molecular complexity index is 200. The van der Waals surface area contributed by atoms with Crippen molar-refractivity contribution < 1.29 is 31.8 Å². The van der Waals surface area contributed by atoms with E-state index in [9.17, 15) is 22.0 Å². The molecule has 1 rings (SSSR count). The Balaban J connectivity index is 2.74. The summed E-state index contributed by atoms with van der Waals surface area (Å²) in [6.07, 6.45) is -5.34. The van der Waals surface area contributed by atoms with Crippen molar-refractivity contribution in [1.29, 1.82) is 0 Å². The van der Waals surface area contributed by atoms with Crippen molar-refractivity contribution in [1.82, 2.24) is 0 Å². The molecule has 1 aliphatic rings. The Morgan fingerprint density at radius 2 is 1.91 bits per heavy atom. The van der Waals surface area contributed by atoms with Crippen molar-refractivity contribution in [3.8, 4) is 0 Å². The van der Waals surface area contributed by atoms with Gasteiger partial charge in [-0.3, -0.25) is 0 Å². The predicted molar refractivity (Wildman–Crippen MR) is 18.2 cm³/mol. The molecule has 0 radical (unpaired) electrons. The Morgan fingerprint density at radius 1 is 1.36 bits per heavy atom. The maximum atomic E-state index is 12.3. The topological polar surface area (TPSA) is 18.5 Å². The van der Waals surface area contributed by atoms with Crippen LogP contribution in [0.5, 0.6) is 0 Å². The number of halogens is 5. The Morgan fingerprint density at radius 3 is 2.09 bits per heavy atom. The number of alkyl halides is 4. The normalized spacial score (nSPS) is 31.5. The fourth-order valence-electron chi connectivity index (χ4n) is 0.279. The molecular formula is C3CfF5O2. The minimum atomic E-state index is -5.34. The zero-order valence-electron chi connectivity index (χ0n) is 4.52. The molecule has 0 aromatic rings. The van der Waals surface area contributed by atoms with E-state index in [2.05, 4.69) is 9.84 Å². The van der Waals surface area contributed by atoms with E-state index >= 15 is 0 Å². The van der Waals surface area contributed by atoms with Gasteiger partial charge in [-0.2, -0.15) is 0 Å². The molecule has 0 aromatic carbocycles. The van der Waals surface area contributed by atoms with Crippen LogP contribution >= 0.6 is 0 Å². The second kappa shape index (κ2) is 1.73. The van der Waals surface area contributed by atoms with Crippen molar-refractivity contribution in [2.24, 2.45) is 0 Å². The van der Waals surface area contributed by atoms with Gasteiger partial charge in [0, 0.05) is 0 Å². The number of hydrogen-bond donors (Lipinski definition) is 0. The Labute approximate surface area is 52.2 Å². The van der Waals surface area contributed by atoms with Crippen LogP contribution in [0.1, 0.15) is 0 Å². The predicted octanol–water partition coefficient (Wildman–Crippen LogP) is 1.28. The summed E-state index contributed by atoms with van der Waals surface area (Å²) in [5.41, 5.74) is 0. The van der Waals surface area contributed by atoms with E-state index in [-0.39, 0.29) is 0 Å². The molecule has 1 aliphatic heterocycles. The summed E-state index contributed by atoms with van der Waals surface area (Å²) in [4.78, 5) is 0. The van der Waals surface area contributed by atoms with Crippen molar-refractivity contribution >= 4 is 6.86 Å². The fourth-order valence-corrected chi connectivity index (χ4v) is 1.71. The molecule has 0 saturated heterocycles. The van der Waals surface area contributed by atoms with E-state index in [4.69, 9.17) is 0 Å². The number of rotatable bonds is 0. The van der Waals surface area contributed by atoms with Crippen molar-refractivity contribution in [2.45, 2.75) is 12.2 Å². The van der Waals surface area contributed by atoms with Gasteiger partial charge in [0.25, 0.3) is 0 Å². The third-order valence-corrected chi connectivity index (χ3v) is 2.36. The second-order valence-electron chi connectivity index (χ2n) is 1.47. The first-order valence-electron chi connectivity index (χ1n) is 2.09. The molecule has 11 heavy (non-hydrogen) atoms. The molecule has 1 heterocycles. The van der Waals surface area contributed by atoms with Crippen molar-refractivity contribution in [3.05, 3.63) is 0 Å². The van der Waals surface area contributed by atoms with Crippen LogP contribution in [-0.2, 0) is 9.84 Å². The van der Waals surface area contributed by atoms with Gasteiger partial charge in [0.05, 0.1) is 0 Å². The molecule has 69 valence electrons. The van der Waals surface area contributed by atoms with Crippen LogP contribution in [0.2, 0.25) is 0 Å². The van der Waals surface area contributed by atoms with Crippen LogP contribution in [-0.4, -0.2) is 19.1 Å². The summed E-state index contributed by atoms with van der Waals surface area (Å²) in [7, 11) is 0. The van der Waals surface area contributed by atoms with Crippen LogP contribution in [0.3, 0.4) is 0 Å². The maximum absolute atomic E-state index is 12.3. The average Bonchev–Trinajstić information content (AvgIpc) is 2.10. The number of hydrogen-bond acceptors (Lipinski definition) is 2. The van der Waals surface area contributed by atoms with E-state index in [0.717, 1.165) is 0 Å². The molecule has 0 bridgehead atoms. The monoisotopic (exact) mass is 412 g/mol. The van der Waals surface area contributed by atoms with Gasteiger partial charge in [-0.1, -0.05) is 0 Å². The summed E-state index contributed by atoms with van der Waals surface area (Å²) in [6, 6.07) is -4.24. The van der Waals surface area contributed by atoms with Crippen molar-refractivity contribution in [3.63, 3.8) is 0 Å². The molecule has 0 spiro atoms. The SMILES string of the molecule is F[C]1=[Cf][O]C(F)(C(F)(F)F)O1. The van der Waals surface area contributed by atoms with E-state index in [0.29, 0.717) is 0 Å². The zero-order chi connectivity index (χ0) is 8.70. The van der Waals surface area contributed by atoms with Gasteiger partial charge in [-0.05, 0) is 0 Å². The third kappa shape index (κ3) is 1.03. The number of ether oxygens (including phenoxy) is 1. The van der Waals surface area contributed by atoms with Crippen LogP contribution in [0, 0.1) is 0 Å². The van der Waals surface area contributed by atoms with Gasteiger partial charge in [0.15, 0.2) is 0 Å². The van der Waals surface area contributed by atoms with Gasteiger partial charge in [-0.25, -0.2) is 0 Å². The van der Waals surface area contributed by atoms with Gasteiger partial charge < -0.3 is 0 Å². The van der Waals surface area contributed by atoms with E-state index in [1.165, 1.54) is 0 Å². The molecule has 1 atom stereocenters. The average molecular weight is 414 g/mol. The molecule has 2 nitrogen and oxygen atoms in total. The van der Waals surface area contributed by atoms with Crippen LogP contribution in [0.15, 0.2) is 0 Å². The quantitative estimate of drug-likeness (QED) is 0.557. The van der Waals surface area contributed by atoms with E-state index < -0.39 is 19.1 Å². The van der Waals surface area contributed by atoms with E-state index in [1.807, 2.05) is 0 Å². The summed E-state index contributed by atoms with van der Waals surface area (Å²) in [6.45, 7) is -1.47. The first-order valence-corrected chi connectivity index (χ1v) is 4.49. The summed E-state index contributed by atoms with van der Waals surface area (Å²) in [5, 5.41) is 3.54. The van der Waals surface area contributed by atoms with Crippen LogP contribution in [0.4, 0.5) is 22.0 Å². The molecule has 0 fully saturated rings. The van der Waals surface area contributed by atoms with Crippen molar-refractivity contribution in [2.75, 3.05) is 0 Å². The van der Waals surface area contributed by atoms with Gasteiger partial charge >= 0.3 is 50.9 Å². The first-order chi connectivity index (χ1) is 4.85. The second-order valence-corrected chi connectivity index (χ2v) is 3.58. The van der Waals surface area contributed by atoms with Gasteiger partial charge in [0.1, 0.15) is 0 Å². The molecule has 0 aromatic heterocycles. The van der Waals surface area contributed by atoms with Gasteiger partial charge in [-0.15, -0.1) is 0 Å². The molecule has 0 amide bonds. The molecule has 8 heteroatoms. The summed E-state index contributed by atoms with van der Waals surface area (Å²) in [5.74, 6) is 0. The molecule has 0 N–H and O–H groups in total. The summed E-state index contributed by atoms with van der Waals surface area (Å²) < 4.78 is 59.6. The molecular weight excluding hydrogens is 414 g/mol. The summed E-state index contributed by atoms with van der Waals surface area (Å²) >= 11 is 0. The Kier molecular flexibility index (Phi) is 1.19. The van der Waals surface area contributed by atoms with Crippen LogP contribution in [0.25, 0.3) is 0 Å². The first kappa shape index (κ1) is 7.55. The van der Waals surface area contributed by atoms with E-state index in [1.54, 1.807) is 0 Å². The van der Waals surface area contributed by atoms with Crippen LogP contribution < -0.4 is 0 Å². The molecule has 0 aliphatic carbocycles. The molecule has 1 unspecified atom stereocenters. The third-order valence-electron chi connectivity index (χ3n) is 0.707. The fraction of sp³-hybridized carbons (Fsp3) is 0.667.